The highest BCUT2D eigenvalue weighted by molar-refractivity contribution is 5.82. The van der Waals surface area contributed by atoms with Crippen LogP contribution in [0, 0.1) is 17.5 Å². The van der Waals surface area contributed by atoms with Gasteiger partial charge >= 0.3 is 5.69 Å². The molecule has 0 aliphatic rings. The second-order valence-corrected chi connectivity index (χ2v) is 9.40. The molecule has 0 fully saturated rings. The molecule has 0 atom stereocenters. The van der Waals surface area contributed by atoms with Gasteiger partial charge in [-0.15, -0.1) is 0 Å². The zero-order chi connectivity index (χ0) is 27.8. The van der Waals surface area contributed by atoms with Gasteiger partial charge in [-0.2, -0.15) is 5.10 Å². The summed E-state index contributed by atoms with van der Waals surface area (Å²) in [4.78, 5) is 30.2. The molecule has 0 saturated heterocycles. The standard InChI is InChI=1S/C30H22F3N5O2/c31-23-10-4-1-7-19(23)15-36-16-22(14-34-36)26-13-27-28(35-26)29(39)38(18-21-9-3-6-12-25(21)33)30(40)37(27)17-20-8-2-5-11-24(20)32/h1-14,16,35H,15,17-18H2. The smallest absolute Gasteiger partial charge is 0.332 e. The fraction of sp³-hybridized carbons (Fsp3) is 0.100. The summed E-state index contributed by atoms with van der Waals surface area (Å²) in [5, 5.41) is 4.31. The molecule has 10 heteroatoms. The lowest BCUT2D eigenvalue weighted by Gasteiger charge is -2.13. The highest BCUT2D eigenvalue weighted by atomic mass is 19.1. The molecule has 0 aliphatic carbocycles. The molecule has 0 aliphatic heterocycles. The molecule has 0 radical (unpaired) electrons. The van der Waals surface area contributed by atoms with E-state index in [1.807, 2.05) is 0 Å². The van der Waals surface area contributed by atoms with E-state index < -0.39 is 22.9 Å². The van der Waals surface area contributed by atoms with E-state index in [1.54, 1.807) is 65.6 Å². The minimum atomic E-state index is -0.704. The van der Waals surface area contributed by atoms with Crippen LogP contribution in [0.3, 0.4) is 0 Å². The van der Waals surface area contributed by atoms with Crippen molar-refractivity contribution in [2.24, 2.45) is 0 Å². The van der Waals surface area contributed by atoms with Crippen molar-refractivity contribution >= 4 is 11.0 Å². The van der Waals surface area contributed by atoms with Crippen molar-refractivity contribution in [3.8, 4) is 11.3 Å². The predicted octanol–water partition coefficient (Wildman–Crippen LogP) is 4.92. The third kappa shape index (κ3) is 4.64. The van der Waals surface area contributed by atoms with Crippen molar-refractivity contribution in [1.29, 1.82) is 0 Å². The first-order valence-corrected chi connectivity index (χ1v) is 12.5. The Morgan fingerprint density at radius 3 is 1.80 bits per heavy atom. The number of fused-ring (bicyclic) bond motifs is 1. The maximum Gasteiger partial charge on any atom is 0.332 e. The highest BCUT2D eigenvalue weighted by Gasteiger charge is 2.19. The molecule has 7 nitrogen and oxygen atoms in total. The zero-order valence-electron chi connectivity index (χ0n) is 21.0. The number of benzene rings is 3. The fourth-order valence-electron chi connectivity index (χ4n) is 4.72. The highest BCUT2D eigenvalue weighted by Crippen LogP contribution is 2.23. The Balaban J connectivity index is 1.47. The summed E-state index contributed by atoms with van der Waals surface area (Å²) in [6.07, 6.45) is 3.25. The monoisotopic (exact) mass is 541 g/mol. The Kier molecular flexibility index (Phi) is 6.43. The van der Waals surface area contributed by atoms with Gasteiger partial charge in [0.1, 0.15) is 23.0 Å². The summed E-state index contributed by atoms with van der Waals surface area (Å²) in [5.74, 6) is -1.40. The van der Waals surface area contributed by atoms with Gasteiger partial charge in [-0.1, -0.05) is 54.6 Å². The second kappa shape index (κ2) is 10.2. The third-order valence-electron chi connectivity index (χ3n) is 6.82. The largest absolute Gasteiger partial charge is 0.349 e. The van der Waals surface area contributed by atoms with Crippen molar-refractivity contribution in [3.05, 3.63) is 146 Å². The predicted molar refractivity (Wildman–Crippen MR) is 145 cm³/mol. The van der Waals surface area contributed by atoms with Crippen LogP contribution in [-0.2, 0) is 19.6 Å². The number of halogens is 3. The molecular weight excluding hydrogens is 519 g/mol. The zero-order valence-corrected chi connectivity index (χ0v) is 21.0. The fourth-order valence-corrected chi connectivity index (χ4v) is 4.72. The normalized spacial score (nSPS) is 11.4. The lowest BCUT2D eigenvalue weighted by molar-refractivity contribution is 0.568. The average Bonchev–Trinajstić information content (AvgIpc) is 3.60. The van der Waals surface area contributed by atoms with Crippen molar-refractivity contribution in [2.75, 3.05) is 0 Å². The van der Waals surface area contributed by atoms with Gasteiger partial charge in [-0.05, 0) is 24.3 Å². The average molecular weight is 542 g/mol. The molecule has 0 amide bonds. The lowest BCUT2D eigenvalue weighted by atomic mass is 10.2. The summed E-state index contributed by atoms with van der Waals surface area (Å²) < 4.78 is 46.9. The molecule has 6 rings (SSSR count). The quantitative estimate of drug-likeness (QED) is 0.312. The van der Waals surface area contributed by atoms with Crippen molar-refractivity contribution < 1.29 is 13.2 Å². The Bertz CT molecular complexity index is 1990. The Hall–Kier alpha value is -5.12. The molecule has 0 spiro atoms. The van der Waals surface area contributed by atoms with E-state index in [4.69, 9.17) is 0 Å². The van der Waals surface area contributed by atoms with E-state index >= 15 is 0 Å². The van der Waals surface area contributed by atoms with E-state index in [0.29, 0.717) is 16.8 Å². The van der Waals surface area contributed by atoms with Crippen LogP contribution in [-0.4, -0.2) is 23.9 Å². The number of nitrogens with one attached hydrogen (secondary N) is 1. The van der Waals surface area contributed by atoms with Gasteiger partial charge in [0.15, 0.2) is 0 Å². The SMILES string of the molecule is O=c1c2[nH]c(-c3cnn(Cc4ccccc4F)c3)cc2n(Cc2ccccc2F)c(=O)n1Cc1ccccc1F. The molecule has 0 saturated carbocycles. The molecule has 200 valence electrons. The Morgan fingerprint density at radius 2 is 1.23 bits per heavy atom. The topological polar surface area (TPSA) is 77.6 Å². The van der Waals surface area contributed by atoms with Crippen LogP contribution in [0.2, 0.25) is 0 Å². The number of hydrogen-bond acceptors (Lipinski definition) is 3. The van der Waals surface area contributed by atoms with Crippen molar-refractivity contribution in [3.63, 3.8) is 0 Å². The molecule has 3 aromatic heterocycles. The van der Waals surface area contributed by atoms with Gasteiger partial charge in [0.25, 0.3) is 5.56 Å². The molecule has 3 aromatic carbocycles. The minimum Gasteiger partial charge on any atom is -0.349 e. The van der Waals surface area contributed by atoms with Gasteiger partial charge in [0.2, 0.25) is 0 Å². The van der Waals surface area contributed by atoms with E-state index in [2.05, 4.69) is 10.1 Å². The summed E-state index contributed by atoms with van der Waals surface area (Å²) >= 11 is 0. The molecule has 0 bridgehead atoms. The Morgan fingerprint density at radius 1 is 0.700 bits per heavy atom. The van der Waals surface area contributed by atoms with Gasteiger partial charge in [0, 0.05) is 28.5 Å². The summed E-state index contributed by atoms with van der Waals surface area (Å²) in [7, 11) is 0. The number of aromatic nitrogens is 5. The van der Waals surface area contributed by atoms with Crippen LogP contribution < -0.4 is 11.2 Å². The maximum atomic E-state index is 14.6. The third-order valence-corrected chi connectivity index (χ3v) is 6.82. The first kappa shape index (κ1) is 25.2. The Labute approximate surface area is 225 Å². The molecule has 6 aromatic rings. The van der Waals surface area contributed by atoms with Gasteiger partial charge < -0.3 is 4.98 Å². The number of H-pyrrole nitrogens is 1. The molecule has 1 N–H and O–H groups in total. The van der Waals surface area contributed by atoms with Crippen LogP contribution in [0.15, 0.2) is 101 Å². The summed E-state index contributed by atoms with van der Waals surface area (Å²) in [6, 6.07) is 19.9. The molecule has 0 unspecified atom stereocenters. The number of hydrogen-bond donors (Lipinski definition) is 1. The van der Waals surface area contributed by atoms with E-state index in [1.165, 1.54) is 34.9 Å². The van der Waals surface area contributed by atoms with Gasteiger partial charge in [-0.25, -0.2) is 18.0 Å². The molecule has 3 heterocycles. The van der Waals surface area contributed by atoms with Crippen molar-refractivity contribution in [2.45, 2.75) is 19.6 Å². The summed E-state index contributed by atoms with van der Waals surface area (Å²) in [5.41, 5.74) is 0.979. The van der Waals surface area contributed by atoms with E-state index in [-0.39, 0.29) is 47.6 Å². The number of aromatic amines is 1. The van der Waals surface area contributed by atoms with Gasteiger partial charge in [0.05, 0.1) is 37.0 Å². The summed E-state index contributed by atoms with van der Waals surface area (Å²) in [6.45, 7) is -0.254. The van der Waals surface area contributed by atoms with Crippen LogP contribution in [0.25, 0.3) is 22.3 Å². The van der Waals surface area contributed by atoms with Crippen molar-refractivity contribution in [1.82, 2.24) is 23.9 Å². The van der Waals surface area contributed by atoms with Crippen LogP contribution in [0.1, 0.15) is 16.7 Å². The van der Waals surface area contributed by atoms with Crippen LogP contribution in [0.5, 0.6) is 0 Å². The second-order valence-electron chi connectivity index (χ2n) is 9.40. The minimum absolute atomic E-state index is 0.101. The number of rotatable bonds is 7. The maximum absolute atomic E-state index is 14.6. The van der Waals surface area contributed by atoms with E-state index in [0.717, 1.165) is 4.57 Å². The molecular formula is C30H22F3N5O2. The van der Waals surface area contributed by atoms with Crippen LogP contribution in [0.4, 0.5) is 13.2 Å². The first-order chi connectivity index (χ1) is 19.4. The van der Waals surface area contributed by atoms with E-state index in [9.17, 15) is 22.8 Å². The first-order valence-electron chi connectivity index (χ1n) is 12.5. The lowest BCUT2D eigenvalue weighted by Crippen LogP contribution is -2.40. The van der Waals surface area contributed by atoms with Crippen LogP contribution >= 0.6 is 0 Å². The number of nitrogens with zero attached hydrogens (tertiary/aromatic N) is 4. The molecule has 40 heavy (non-hydrogen) atoms. The van der Waals surface area contributed by atoms with Gasteiger partial charge in [-0.3, -0.25) is 18.6 Å².